The summed E-state index contributed by atoms with van der Waals surface area (Å²) in [5.74, 6) is -1.36. The second kappa shape index (κ2) is 9.58. The van der Waals surface area contributed by atoms with Gasteiger partial charge >= 0.3 is 11.9 Å². The lowest BCUT2D eigenvalue weighted by Gasteiger charge is -2.07. The van der Waals surface area contributed by atoms with E-state index in [-0.39, 0.29) is 18.8 Å². The maximum absolute atomic E-state index is 11.7. The first-order valence-electron chi connectivity index (χ1n) is 7.00. The zero-order valence-corrected chi connectivity index (χ0v) is 12.4. The van der Waals surface area contributed by atoms with Gasteiger partial charge in [-0.25, -0.2) is 9.59 Å². The summed E-state index contributed by atoms with van der Waals surface area (Å²) < 4.78 is 9.68. The molecule has 0 aromatic heterocycles. The fourth-order valence-electron chi connectivity index (χ4n) is 1.65. The summed E-state index contributed by atoms with van der Waals surface area (Å²) in [7, 11) is 0. The van der Waals surface area contributed by atoms with Gasteiger partial charge in [0.25, 0.3) is 0 Å². The number of carbonyl (C=O) groups excluding carboxylic acids is 2. The number of rotatable bonds is 8. The van der Waals surface area contributed by atoms with Gasteiger partial charge in [-0.05, 0) is 25.8 Å². The van der Waals surface area contributed by atoms with E-state index < -0.39 is 11.9 Å². The van der Waals surface area contributed by atoms with Crippen molar-refractivity contribution in [3.8, 4) is 0 Å². The Balaban J connectivity index is 2.57. The Kier molecular flexibility index (Phi) is 7.64. The molecule has 0 radical (unpaired) electrons. The van der Waals surface area contributed by atoms with Crippen LogP contribution in [0.1, 0.15) is 19.4 Å². The van der Waals surface area contributed by atoms with E-state index in [9.17, 15) is 9.59 Å². The van der Waals surface area contributed by atoms with Gasteiger partial charge in [0, 0.05) is 12.7 Å². The molecule has 0 heterocycles. The number of hydrogen-bond acceptors (Lipinski definition) is 5. The molecular weight excluding hydrogens is 270 g/mol. The van der Waals surface area contributed by atoms with Crippen molar-refractivity contribution >= 4 is 11.9 Å². The number of esters is 2. The molecule has 1 aromatic carbocycles. The van der Waals surface area contributed by atoms with Gasteiger partial charge < -0.3 is 14.8 Å². The SMILES string of the molecule is CCOC(=O)C(=CNCCc1ccccc1)C(=O)OCC. The van der Waals surface area contributed by atoms with Crippen LogP contribution in [-0.4, -0.2) is 31.7 Å². The maximum Gasteiger partial charge on any atom is 0.347 e. The van der Waals surface area contributed by atoms with Crippen LogP contribution >= 0.6 is 0 Å². The minimum atomic E-state index is -0.678. The number of ether oxygens (including phenoxy) is 2. The van der Waals surface area contributed by atoms with Crippen molar-refractivity contribution in [1.82, 2.24) is 5.32 Å². The fourth-order valence-corrected chi connectivity index (χ4v) is 1.65. The molecule has 5 nitrogen and oxygen atoms in total. The minimum Gasteiger partial charge on any atom is -0.462 e. The molecule has 0 aliphatic carbocycles. The molecule has 0 amide bonds. The summed E-state index contributed by atoms with van der Waals surface area (Å²) >= 11 is 0. The molecule has 0 fully saturated rings. The lowest BCUT2D eigenvalue weighted by molar-refractivity contribution is -0.146. The molecule has 114 valence electrons. The van der Waals surface area contributed by atoms with Crippen molar-refractivity contribution in [2.24, 2.45) is 0 Å². The van der Waals surface area contributed by atoms with Crippen LogP contribution in [0.2, 0.25) is 0 Å². The predicted octanol–water partition coefficient (Wildman–Crippen LogP) is 1.83. The zero-order valence-electron chi connectivity index (χ0n) is 12.4. The van der Waals surface area contributed by atoms with Gasteiger partial charge in [-0.15, -0.1) is 0 Å². The summed E-state index contributed by atoms with van der Waals surface area (Å²) in [6.45, 7) is 4.39. The van der Waals surface area contributed by atoms with Gasteiger partial charge in [-0.3, -0.25) is 0 Å². The van der Waals surface area contributed by atoms with E-state index in [2.05, 4.69) is 5.32 Å². The fraction of sp³-hybridized carbons (Fsp3) is 0.375. The Bertz CT molecular complexity index is 462. The highest BCUT2D eigenvalue weighted by molar-refractivity contribution is 6.13. The van der Waals surface area contributed by atoms with Crippen LogP contribution in [0.4, 0.5) is 0 Å². The smallest absolute Gasteiger partial charge is 0.347 e. The summed E-state index contributed by atoms with van der Waals surface area (Å²) in [4.78, 5) is 23.4. The molecule has 0 spiro atoms. The van der Waals surface area contributed by atoms with Crippen molar-refractivity contribution in [2.75, 3.05) is 19.8 Å². The predicted molar refractivity (Wildman–Crippen MR) is 79.5 cm³/mol. The third-order valence-corrected chi connectivity index (χ3v) is 2.64. The number of nitrogens with one attached hydrogen (secondary N) is 1. The first kappa shape index (κ1) is 16.8. The number of benzene rings is 1. The molecule has 1 N–H and O–H groups in total. The molecule has 21 heavy (non-hydrogen) atoms. The molecule has 0 bridgehead atoms. The molecule has 0 saturated carbocycles. The van der Waals surface area contributed by atoms with Gasteiger partial charge in [-0.2, -0.15) is 0 Å². The van der Waals surface area contributed by atoms with E-state index in [1.54, 1.807) is 13.8 Å². The van der Waals surface area contributed by atoms with Crippen molar-refractivity contribution in [3.05, 3.63) is 47.7 Å². The molecule has 1 rings (SSSR count). The van der Waals surface area contributed by atoms with Crippen molar-refractivity contribution < 1.29 is 19.1 Å². The maximum atomic E-state index is 11.7. The van der Waals surface area contributed by atoms with E-state index in [1.807, 2.05) is 30.3 Å². The number of carbonyl (C=O) groups is 2. The Morgan fingerprint density at radius 2 is 1.62 bits per heavy atom. The quantitative estimate of drug-likeness (QED) is 0.260. The van der Waals surface area contributed by atoms with Crippen molar-refractivity contribution in [1.29, 1.82) is 0 Å². The van der Waals surface area contributed by atoms with Crippen LogP contribution < -0.4 is 5.32 Å². The molecule has 0 aliphatic rings. The molecule has 0 atom stereocenters. The van der Waals surface area contributed by atoms with Crippen LogP contribution in [-0.2, 0) is 25.5 Å². The topological polar surface area (TPSA) is 64.6 Å². The second-order valence-electron chi connectivity index (χ2n) is 4.19. The molecular formula is C16H21NO4. The van der Waals surface area contributed by atoms with Gasteiger partial charge in [0.1, 0.15) is 0 Å². The van der Waals surface area contributed by atoms with Gasteiger partial charge in [0.2, 0.25) is 0 Å². The van der Waals surface area contributed by atoms with E-state index >= 15 is 0 Å². The lowest BCUT2D eigenvalue weighted by Crippen LogP contribution is -2.22. The highest BCUT2D eigenvalue weighted by atomic mass is 16.6. The first-order valence-corrected chi connectivity index (χ1v) is 7.00. The average molecular weight is 291 g/mol. The van der Waals surface area contributed by atoms with Gasteiger partial charge in [0.15, 0.2) is 5.57 Å². The lowest BCUT2D eigenvalue weighted by atomic mass is 10.1. The Hall–Kier alpha value is -2.30. The summed E-state index contributed by atoms with van der Waals surface area (Å²) in [6.07, 6.45) is 2.15. The zero-order chi connectivity index (χ0) is 15.5. The van der Waals surface area contributed by atoms with E-state index in [0.717, 1.165) is 6.42 Å². The summed E-state index contributed by atoms with van der Waals surface area (Å²) in [6, 6.07) is 9.92. The largest absolute Gasteiger partial charge is 0.462 e. The van der Waals surface area contributed by atoms with E-state index in [1.165, 1.54) is 11.8 Å². The minimum absolute atomic E-state index is 0.119. The monoisotopic (exact) mass is 291 g/mol. The second-order valence-corrected chi connectivity index (χ2v) is 4.19. The summed E-state index contributed by atoms with van der Waals surface area (Å²) in [5.41, 5.74) is 1.05. The van der Waals surface area contributed by atoms with Crippen molar-refractivity contribution in [2.45, 2.75) is 20.3 Å². The van der Waals surface area contributed by atoms with Gasteiger partial charge in [0.05, 0.1) is 13.2 Å². The van der Waals surface area contributed by atoms with E-state index in [4.69, 9.17) is 9.47 Å². The molecule has 0 aliphatic heterocycles. The molecule has 0 saturated heterocycles. The summed E-state index contributed by atoms with van der Waals surface area (Å²) in [5, 5.41) is 2.95. The Morgan fingerprint density at radius 3 is 2.14 bits per heavy atom. The van der Waals surface area contributed by atoms with Crippen molar-refractivity contribution in [3.63, 3.8) is 0 Å². The van der Waals surface area contributed by atoms with E-state index in [0.29, 0.717) is 6.54 Å². The van der Waals surface area contributed by atoms with Crippen LogP contribution in [0.3, 0.4) is 0 Å². The molecule has 1 aromatic rings. The molecule has 0 unspecified atom stereocenters. The Labute approximate surface area is 124 Å². The molecule has 5 heteroatoms. The normalized spacial score (nSPS) is 9.62. The highest BCUT2D eigenvalue weighted by Gasteiger charge is 2.20. The first-order chi connectivity index (χ1) is 10.2. The van der Waals surface area contributed by atoms with Gasteiger partial charge in [-0.1, -0.05) is 30.3 Å². The van der Waals surface area contributed by atoms with Crippen LogP contribution in [0, 0.1) is 0 Å². The third-order valence-electron chi connectivity index (χ3n) is 2.64. The average Bonchev–Trinajstić information content (AvgIpc) is 2.48. The Morgan fingerprint density at radius 1 is 1.05 bits per heavy atom. The highest BCUT2D eigenvalue weighted by Crippen LogP contribution is 2.02. The van der Waals surface area contributed by atoms with Crippen LogP contribution in [0.5, 0.6) is 0 Å². The van der Waals surface area contributed by atoms with Crippen LogP contribution in [0.15, 0.2) is 42.1 Å². The third kappa shape index (κ3) is 6.12. The standard InChI is InChI=1S/C16H21NO4/c1-3-20-15(18)14(16(19)21-4-2)12-17-11-10-13-8-6-5-7-9-13/h5-9,12,17H,3-4,10-11H2,1-2H3. The number of hydrogen-bond donors (Lipinski definition) is 1. The van der Waals surface area contributed by atoms with Crippen LogP contribution in [0.25, 0.3) is 0 Å².